The lowest BCUT2D eigenvalue weighted by Crippen LogP contribution is -2.18. The number of amides is 1. The molecule has 0 bridgehead atoms. The number of primary amides is 1. The van der Waals surface area contributed by atoms with Crippen molar-refractivity contribution in [3.8, 4) is 11.8 Å². The normalized spacial score (nSPS) is 11.8. The summed E-state index contributed by atoms with van der Waals surface area (Å²) in [6.07, 6.45) is -3.92. The van der Waals surface area contributed by atoms with Crippen molar-refractivity contribution < 1.29 is 22.7 Å². The molecule has 0 heterocycles. The number of benzene rings is 1. The number of para-hydroxylation sites is 1. The summed E-state index contributed by atoms with van der Waals surface area (Å²) in [6, 6.07) is 6.58. The van der Waals surface area contributed by atoms with Crippen molar-refractivity contribution in [3.63, 3.8) is 0 Å². The lowest BCUT2D eigenvalue weighted by atomic mass is 10.1. The van der Waals surface area contributed by atoms with Gasteiger partial charge in [0.2, 0.25) is 0 Å². The molecule has 7 heteroatoms. The molecule has 0 fully saturated rings. The van der Waals surface area contributed by atoms with Crippen molar-refractivity contribution in [2.75, 3.05) is 0 Å². The van der Waals surface area contributed by atoms with Crippen LogP contribution < -0.4 is 10.5 Å². The Kier molecular flexibility index (Phi) is 3.94. The van der Waals surface area contributed by atoms with Gasteiger partial charge in [-0.15, -0.1) is 13.2 Å². The standard InChI is InChI=1S/C11H7F3N2O2/c12-11(13,14)18-9-4-2-1-3-7(9)5-8(6-15)10(16)17/h1-5H,(H2,16,17)/b8-5+. The van der Waals surface area contributed by atoms with E-state index in [9.17, 15) is 18.0 Å². The average molecular weight is 256 g/mol. The fourth-order valence-corrected chi connectivity index (χ4v) is 1.13. The predicted molar refractivity (Wildman–Crippen MR) is 55.9 cm³/mol. The highest BCUT2D eigenvalue weighted by atomic mass is 19.4. The number of halogens is 3. The number of nitrogens with two attached hydrogens (primary N) is 1. The second kappa shape index (κ2) is 5.23. The summed E-state index contributed by atoms with van der Waals surface area (Å²) in [5.41, 5.74) is 4.35. The maximum Gasteiger partial charge on any atom is 0.573 e. The molecule has 1 aromatic carbocycles. The summed E-state index contributed by atoms with van der Waals surface area (Å²) in [4.78, 5) is 10.8. The topological polar surface area (TPSA) is 76.1 Å². The van der Waals surface area contributed by atoms with Crippen LogP contribution in [-0.2, 0) is 4.79 Å². The fraction of sp³-hybridized carbons (Fsp3) is 0.0909. The van der Waals surface area contributed by atoms with E-state index in [4.69, 9.17) is 11.0 Å². The Labute approximate surface area is 100 Å². The number of hydrogen-bond donors (Lipinski definition) is 1. The molecule has 0 saturated carbocycles. The van der Waals surface area contributed by atoms with E-state index < -0.39 is 23.6 Å². The monoisotopic (exact) mass is 256 g/mol. The van der Waals surface area contributed by atoms with Crippen LogP contribution in [0.5, 0.6) is 5.75 Å². The lowest BCUT2D eigenvalue weighted by molar-refractivity contribution is -0.274. The summed E-state index contributed by atoms with van der Waals surface area (Å²) in [5.74, 6) is -1.54. The Balaban J connectivity index is 3.18. The molecule has 0 atom stereocenters. The highest BCUT2D eigenvalue weighted by molar-refractivity contribution is 6.00. The molecule has 0 aliphatic heterocycles. The predicted octanol–water partition coefficient (Wildman–Crippen LogP) is 1.98. The van der Waals surface area contributed by atoms with Crippen LogP contribution in [0.3, 0.4) is 0 Å². The Morgan fingerprint density at radius 1 is 1.39 bits per heavy atom. The van der Waals surface area contributed by atoms with E-state index in [0.717, 1.165) is 12.1 Å². The van der Waals surface area contributed by atoms with E-state index in [-0.39, 0.29) is 5.56 Å². The van der Waals surface area contributed by atoms with Crippen molar-refractivity contribution in [3.05, 3.63) is 35.4 Å². The number of carbonyl (C=O) groups excluding carboxylic acids is 1. The Morgan fingerprint density at radius 2 is 2.00 bits per heavy atom. The van der Waals surface area contributed by atoms with Gasteiger partial charge in [-0.05, 0) is 12.1 Å². The van der Waals surface area contributed by atoms with E-state index in [0.29, 0.717) is 0 Å². The molecular weight excluding hydrogens is 249 g/mol. The summed E-state index contributed by atoms with van der Waals surface area (Å²) >= 11 is 0. The lowest BCUT2D eigenvalue weighted by Gasteiger charge is -2.11. The second-order valence-corrected chi connectivity index (χ2v) is 3.12. The van der Waals surface area contributed by atoms with Gasteiger partial charge in [0.05, 0.1) is 0 Å². The third kappa shape index (κ3) is 3.83. The molecule has 0 saturated heterocycles. The zero-order valence-corrected chi connectivity index (χ0v) is 8.86. The molecule has 4 nitrogen and oxygen atoms in total. The van der Waals surface area contributed by atoms with E-state index in [1.54, 1.807) is 0 Å². The molecular formula is C11H7F3N2O2. The Hall–Kier alpha value is -2.49. The smallest absolute Gasteiger partial charge is 0.405 e. The summed E-state index contributed by atoms with van der Waals surface area (Å²) in [7, 11) is 0. The number of nitrogens with zero attached hydrogens (tertiary/aromatic N) is 1. The number of hydrogen-bond acceptors (Lipinski definition) is 3. The van der Waals surface area contributed by atoms with Crippen LogP contribution in [-0.4, -0.2) is 12.3 Å². The van der Waals surface area contributed by atoms with Crippen LogP contribution >= 0.6 is 0 Å². The molecule has 0 radical (unpaired) electrons. The third-order valence-corrected chi connectivity index (χ3v) is 1.83. The van der Waals surface area contributed by atoms with Crippen molar-refractivity contribution in [1.82, 2.24) is 0 Å². The van der Waals surface area contributed by atoms with Crippen molar-refractivity contribution >= 4 is 12.0 Å². The van der Waals surface area contributed by atoms with Gasteiger partial charge < -0.3 is 10.5 Å². The van der Waals surface area contributed by atoms with Crippen LogP contribution in [0.2, 0.25) is 0 Å². The van der Waals surface area contributed by atoms with E-state index >= 15 is 0 Å². The van der Waals surface area contributed by atoms with E-state index in [1.165, 1.54) is 24.3 Å². The number of nitriles is 1. The zero-order valence-electron chi connectivity index (χ0n) is 8.86. The zero-order chi connectivity index (χ0) is 13.8. The van der Waals surface area contributed by atoms with Crippen LogP contribution in [0.15, 0.2) is 29.8 Å². The molecule has 18 heavy (non-hydrogen) atoms. The molecule has 1 aromatic rings. The van der Waals surface area contributed by atoms with Gasteiger partial charge in [0.15, 0.2) is 0 Å². The number of carbonyl (C=O) groups is 1. The second-order valence-electron chi connectivity index (χ2n) is 3.12. The first-order valence-corrected chi connectivity index (χ1v) is 4.60. The van der Waals surface area contributed by atoms with Crippen LogP contribution in [0.25, 0.3) is 6.08 Å². The summed E-state index contributed by atoms with van der Waals surface area (Å²) in [6.45, 7) is 0. The minimum Gasteiger partial charge on any atom is -0.405 e. The van der Waals surface area contributed by atoms with Gasteiger partial charge >= 0.3 is 6.36 Å². The number of alkyl halides is 3. The van der Waals surface area contributed by atoms with Crippen LogP contribution in [0, 0.1) is 11.3 Å². The molecule has 0 aliphatic carbocycles. The van der Waals surface area contributed by atoms with E-state index in [2.05, 4.69) is 4.74 Å². The van der Waals surface area contributed by atoms with Gasteiger partial charge in [0, 0.05) is 5.56 Å². The van der Waals surface area contributed by atoms with Crippen molar-refractivity contribution in [2.45, 2.75) is 6.36 Å². The minimum atomic E-state index is -4.86. The van der Waals surface area contributed by atoms with Gasteiger partial charge in [-0.25, -0.2) is 0 Å². The highest BCUT2D eigenvalue weighted by Crippen LogP contribution is 2.27. The molecule has 1 rings (SSSR count). The first-order valence-electron chi connectivity index (χ1n) is 4.60. The molecule has 1 amide bonds. The SMILES string of the molecule is N#C/C(=C\c1ccccc1OC(F)(F)F)C(N)=O. The molecule has 94 valence electrons. The van der Waals surface area contributed by atoms with Gasteiger partial charge in [-0.1, -0.05) is 18.2 Å². The first kappa shape index (κ1) is 13.6. The Bertz CT molecular complexity index is 530. The van der Waals surface area contributed by atoms with Gasteiger partial charge in [0.25, 0.3) is 5.91 Å². The largest absolute Gasteiger partial charge is 0.573 e. The van der Waals surface area contributed by atoms with Crippen LogP contribution in [0.1, 0.15) is 5.56 Å². The number of rotatable bonds is 3. The van der Waals surface area contributed by atoms with Crippen molar-refractivity contribution in [1.29, 1.82) is 5.26 Å². The third-order valence-electron chi connectivity index (χ3n) is 1.83. The molecule has 2 N–H and O–H groups in total. The Morgan fingerprint density at radius 3 is 2.50 bits per heavy atom. The first-order chi connectivity index (χ1) is 8.33. The highest BCUT2D eigenvalue weighted by Gasteiger charge is 2.31. The summed E-state index contributed by atoms with van der Waals surface area (Å²) < 4.78 is 40.1. The van der Waals surface area contributed by atoms with Gasteiger partial charge in [-0.3, -0.25) is 4.79 Å². The maximum absolute atomic E-state index is 12.1. The average Bonchev–Trinajstić information content (AvgIpc) is 2.25. The molecule has 0 unspecified atom stereocenters. The molecule has 0 aliphatic rings. The maximum atomic E-state index is 12.1. The molecule has 0 spiro atoms. The van der Waals surface area contributed by atoms with Gasteiger partial charge in [-0.2, -0.15) is 5.26 Å². The molecule has 0 aromatic heterocycles. The van der Waals surface area contributed by atoms with E-state index in [1.807, 2.05) is 0 Å². The van der Waals surface area contributed by atoms with Gasteiger partial charge in [0.1, 0.15) is 17.4 Å². The fourth-order valence-electron chi connectivity index (χ4n) is 1.13. The van der Waals surface area contributed by atoms with Crippen molar-refractivity contribution in [2.24, 2.45) is 5.73 Å². The number of ether oxygens (including phenoxy) is 1. The summed E-state index contributed by atoms with van der Waals surface area (Å²) in [5, 5.41) is 8.60. The quantitative estimate of drug-likeness (QED) is 0.663. The minimum absolute atomic E-state index is 0.0647. The van der Waals surface area contributed by atoms with Crippen LogP contribution in [0.4, 0.5) is 13.2 Å².